The van der Waals surface area contributed by atoms with Crippen LogP contribution in [0.3, 0.4) is 0 Å². The molecule has 0 fully saturated rings. The minimum absolute atomic E-state index is 0.00213. The molecule has 0 aliphatic carbocycles. The van der Waals surface area contributed by atoms with Gasteiger partial charge in [-0.05, 0) is 126 Å². The number of benzene rings is 4. The Kier molecular flexibility index (Phi) is 46.0. The number of imide groups is 1. The maximum atomic E-state index is 14.5. The molecular weight excluding hydrogens is 1830 g/mol. The smallest absolute Gasteiger partial charge is 0.416 e. The highest BCUT2D eigenvalue weighted by Gasteiger charge is 2.48. The number of hydrogen-bond donors (Lipinski definition) is 9. The van der Waals surface area contributed by atoms with Crippen molar-refractivity contribution in [2.24, 2.45) is 11.8 Å². The van der Waals surface area contributed by atoms with Crippen molar-refractivity contribution in [3.8, 4) is 23.0 Å². The number of hydrogen-bond acceptors (Lipinski definition) is 31. The first-order valence-corrected chi connectivity index (χ1v) is 46.9. The summed E-state index contributed by atoms with van der Waals surface area (Å²) in [4.78, 5) is 176. The molecule has 0 bridgehead atoms. The summed E-state index contributed by atoms with van der Waals surface area (Å²) in [5.74, 6) is -4.20. The largest absolute Gasteiger partial charge is 0.493 e. The van der Waals surface area contributed by atoms with E-state index in [-0.39, 0.29) is 199 Å². The maximum absolute atomic E-state index is 14.5. The molecule has 4 aromatic rings. The van der Waals surface area contributed by atoms with Crippen LogP contribution in [0.25, 0.3) is 0 Å². The van der Waals surface area contributed by atoms with Crippen molar-refractivity contribution in [3.63, 3.8) is 0 Å². The second-order valence-corrected chi connectivity index (χ2v) is 34.3. The van der Waals surface area contributed by atoms with Crippen LogP contribution < -0.4 is 66.0 Å². The predicted molar refractivity (Wildman–Crippen MR) is 506 cm³/mol. The second kappa shape index (κ2) is 58.0. The van der Waals surface area contributed by atoms with Gasteiger partial charge in [0.15, 0.2) is 35.5 Å². The standard InChI is InChI=1S/C97H134N12O31/c1-61(2)86(89(116)99-63(5)6)103-82(111)27-33-128-49-50-138-95(122)102-70-21-17-68(18-22-70)60-140-97(124)109-74-56-80(78(126-11)54-72(74)92(119)107-58-65(8)52-76(107)94(109)121)137-31-14-12-13-30-136-79-55-73-71(53-77(79)125-10)91(118)106-57-64(7)51-75(106)93(120)108(73)96(123)139-59-67-15-19-69(20-16-67)101-88(115)66(9)100-90(117)87(62(3)4)104-83(112)26-32-127-35-37-130-39-41-132-43-45-134-47-48-135-46-44-133-42-40-131-38-36-129-34-28-98-81(110)25-29-105-84(113)23-24-85(105)114/h15-24,53-58,61-63,66,75-76,86-87,93-94,120-121H,12-14,25-52,59-60H2,1-11H3,(H,98,110)(H,99,116)(H,100,117)(H,101,115)(H,102,122)(H,103,111)(H,104,112)/t66-,75+,76+,86-,87-,93+,94+/m1/s1. The molecule has 7 atom stereocenters. The van der Waals surface area contributed by atoms with Gasteiger partial charge in [0.2, 0.25) is 35.4 Å². The number of anilines is 4. The van der Waals surface area contributed by atoms with Crippen molar-refractivity contribution in [3.05, 3.63) is 131 Å². The van der Waals surface area contributed by atoms with Crippen molar-refractivity contribution in [2.75, 3.05) is 186 Å². The number of aliphatic hydroxyl groups is 2. The summed E-state index contributed by atoms with van der Waals surface area (Å²) in [5, 5.41) is 43.2. The molecule has 768 valence electrons. The Hall–Kier alpha value is -12.4. The molecule has 5 heterocycles. The van der Waals surface area contributed by atoms with Gasteiger partial charge in [0.25, 0.3) is 23.6 Å². The number of amides is 13. The minimum Gasteiger partial charge on any atom is -0.493 e. The summed E-state index contributed by atoms with van der Waals surface area (Å²) in [6, 6.07) is 13.9. The van der Waals surface area contributed by atoms with Gasteiger partial charge in [-0.15, -0.1) is 0 Å². The van der Waals surface area contributed by atoms with Crippen molar-refractivity contribution in [1.82, 2.24) is 41.3 Å². The van der Waals surface area contributed by atoms with E-state index in [2.05, 4.69) is 37.2 Å². The zero-order valence-corrected chi connectivity index (χ0v) is 81.3. The van der Waals surface area contributed by atoms with E-state index < -0.39 is 102 Å². The van der Waals surface area contributed by atoms with E-state index >= 15 is 0 Å². The highest BCUT2D eigenvalue weighted by molar-refractivity contribution is 6.13. The molecular formula is C97H134N12O31. The van der Waals surface area contributed by atoms with E-state index in [4.69, 9.17) is 75.8 Å². The first-order chi connectivity index (χ1) is 67.3. The number of rotatable bonds is 61. The fraction of sp³-hybridized carbons (Fsp3) is 0.557. The highest BCUT2D eigenvalue weighted by atomic mass is 16.6. The SMILES string of the molecule is COc1cc2c(cc1OCCCCCOc1cc3c(cc1OC)C(=O)N1C=C(C)C[C@H]1[C@H](O)N3C(=O)OCc1ccc(NC(=O)[C@@H](C)NC(=O)[C@H](NC(=O)CCOCCOCCOCCOCCOCCOCCOCCOCCNC(=O)CCN3C(=O)C=CC3=O)C(C)C)cc1)N(C(=O)OCc1ccc(NC(=O)OCCOCCC(=O)N[C@@H](C(=O)NC(C)C)C(C)C)cc1)[C@@H](O)[C@@H]1CC(C)=CN1C2=O. The Morgan fingerprint density at radius 1 is 0.414 bits per heavy atom. The zero-order chi connectivity index (χ0) is 101. The minimum atomic E-state index is -1.60. The third-order valence-corrected chi connectivity index (χ3v) is 22.3. The Balaban J connectivity index is 0.647. The molecule has 4 aromatic carbocycles. The molecule has 9 rings (SSSR count). The van der Waals surface area contributed by atoms with Crippen molar-refractivity contribution in [2.45, 2.75) is 176 Å². The van der Waals surface area contributed by atoms with Gasteiger partial charge in [-0.3, -0.25) is 58.2 Å². The first-order valence-electron chi connectivity index (χ1n) is 46.9. The van der Waals surface area contributed by atoms with Crippen molar-refractivity contribution < 1.29 is 148 Å². The van der Waals surface area contributed by atoms with Crippen LogP contribution in [0.5, 0.6) is 23.0 Å². The van der Waals surface area contributed by atoms with Crippen LogP contribution in [0.2, 0.25) is 0 Å². The van der Waals surface area contributed by atoms with Gasteiger partial charge in [-0.25, -0.2) is 24.2 Å². The number of fused-ring (bicyclic) bond motifs is 4. The molecule has 140 heavy (non-hydrogen) atoms. The van der Waals surface area contributed by atoms with Crippen LogP contribution in [0.1, 0.15) is 146 Å². The Labute approximate surface area is 813 Å². The molecule has 0 saturated heterocycles. The lowest BCUT2D eigenvalue weighted by atomic mass is 10.0. The fourth-order valence-electron chi connectivity index (χ4n) is 15.0. The van der Waals surface area contributed by atoms with Crippen molar-refractivity contribution >= 4 is 100 Å². The molecule has 0 aromatic heterocycles. The normalized spacial score (nSPS) is 16.5. The molecule has 9 N–H and O–H groups in total. The lowest BCUT2D eigenvalue weighted by molar-refractivity contribution is -0.137. The van der Waals surface area contributed by atoms with E-state index in [0.717, 1.165) is 25.8 Å². The van der Waals surface area contributed by atoms with Gasteiger partial charge < -0.3 is 128 Å². The van der Waals surface area contributed by atoms with E-state index in [0.29, 0.717) is 121 Å². The number of aliphatic hydroxyl groups excluding tert-OH is 2. The van der Waals surface area contributed by atoms with E-state index in [1.807, 2.05) is 34.6 Å². The average molecular weight is 1960 g/mol. The third-order valence-electron chi connectivity index (χ3n) is 22.3. The van der Waals surface area contributed by atoms with E-state index in [1.54, 1.807) is 81.7 Å². The molecule has 0 unspecified atom stereocenters. The summed E-state index contributed by atoms with van der Waals surface area (Å²) < 4.78 is 90.6. The van der Waals surface area contributed by atoms with Gasteiger partial charge in [0.1, 0.15) is 37.9 Å². The second-order valence-electron chi connectivity index (χ2n) is 34.3. The number of carbonyl (C=O) groups is 13. The third kappa shape index (κ3) is 34.8. The molecule has 0 radical (unpaired) electrons. The highest BCUT2D eigenvalue weighted by Crippen LogP contribution is 2.45. The molecule has 13 amide bonds. The number of unbranched alkanes of at least 4 members (excludes halogenated alkanes) is 2. The number of carbonyl (C=O) groups excluding carboxylic acids is 13. The van der Waals surface area contributed by atoms with Gasteiger partial charge in [-0.2, -0.15) is 0 Å². The maximum Gasteiger partial charge on any atom is 0.416 e. The van der Waals surface area contributed by atoms with Crippen LogP contribution >= 0.6 is 0 Å². The summed E-state index contributed by atoms with van der Waals surface area (Å²) >= 11 is 0. The fourth-order valence-corrected chi connectivity index (χ4v) is 15.0. The monoisotopic (exact) mass is 1960 g/mol. The first kappa shape index (κ1) is 111. The van der Waals surface area contributed by atoms with Crippen molar-refractivity contribution in [1.29, 1.82) is 0 Å². The zero-order valence-electron chi connectivity index (χ0n) is 81.3. The van der Waals surface area contributed by atoms with Gasteiger partial charge >= 0.3 is 18.3 Å². The molecule has 5 aliphatic heterocycles. The van der Waals surface area contributed by atoms with Crippen LogP contribution in [0, 0.1) is 11.8 Å². The van der Waals surface area contributed by atoms with Crippen LogP contribution in [-0.2, 0) is 108 Å². The quantitative estimate of drug-likeness (QED) is 0.0126. The summed E-state index contributed by atoms with van der Waals surface area (Å²) in [6.07, 6.45) is 1.57. The van der Waals surface area contributed by atoms with E-state index in [1.165, 1.54) is 67.4 Å². The molecule has 0 saturated carbocycles. The Morgan fingerprint density at radius 2 is 0.800 bits per heavy atom. The van der Waals surface area contributed by atoms with Crippen LogP contribution in [0.4, 0.5) is 37.1 Å². The predicted octanol–water partition coefficient (Wildman–Crippen LogP) is 6.68. The van der Waals surface area contributed by atoms with Crippen LogP contribution in [-0.4, -0.2) is 317 Å². The van der Waals surface area contributed by atoms with Gasteiger partial charge in [0, 0.05) is 86.5 Å². The van der Waals surface area contributed by atoms with Gasteiger partial charge in [0.05, 0.1) is 181 Å². The molecule has 43 heteroatoms. The number of methoxy groups -OCH3 is 2. The molecule has 0 spiro atoms. The van der Waals surface area contributed by atoms with Crippen LogP contribution in [0.15, 0.2) is 108 Å². The lowest BCUT2D eigenvalue weighted by Gasteiger charge is -2.31. The Bertz CT molecular complexity index is 4880. The number of ether oxygens (including phenoxy) is 16. The Morgan fingerprint density at radius 3 is 1.20 bits per heavy atom. The number of nitrogens with zero attached hydrogens (tertiary/aromatic N) is 5. The summed E-state index contributed by atoms with van der Waals surface area (Å²) in [5.41, 5.74) is 3.31. The molecule has 5 aliphatic rings. The van der Waals surface area contributed by atoms with E-state index in [9.17, 15) is 72.5 Å². The summed E-state index contributed by atoms with van der Waals surface area (Å²) in [6.45, 7) is 21.0. The topological polar surface area (TPSA) is 510 Å². The average Bonchev–Trinajstić information content (AvgIpc) is 1.60. The lowest BCUT2D eigenvalue weighted by Crippen LogP contribution is -2.53. The van der Waals surface area contributed by atoms with Gasteiger partial charge in [-0.1, -0.05) is 63.1 Å². The number of nitrogens with one attached hydrogen (secondary N) is 7. The molecule has 43 nitrogen and oxygen atoms in total. The summed E-state index contributed by atoms with van der Waals surface area (Å²) in [7, 11) is 2.80.